The van der Waals surface area contributed by atoms with Crippen LogP contribution in [0.1, 0.15) is 0 Å². The van der Waals surface area contributed by atoms with Gasteiger partial charge in [0.25, 0.3) is 5.79 Å². The number of oxime groups is 1. The number of carbonyl (C=O) groups is 1. The molecule has 0 aromatic rings. The van der Waals surface area contributed by atoms with E-state index in [1.54, 1.807) is 6.08 Å². The van der Waals surface area contributed by atoms with Gasteiger partial charge in [0.05, 0.1) is 11.6 Å². The molecule has 82 valence electrons. The normalized spacial score (nSPS) is 23.1. The summed E-state index contributed by atoms with van der Waals surface area (Å²) in [6.07, 6.45) is 5.86. The molecule has 1 rings (SSSR count). The van der Waals surface area contributed by atoms with E-state index < -0.39 is 17.7 Å². The second kappa shape index (κ2) is 4.24. The predicted molar refractivity (Wildman–Crippen MR) is 51.0 cm³/mol. The van der Waals surface area contributed by atoms with Gasteiger partial charge in [-0.3, -0.25) is 0 Å². The number of carboxylic acids is 1. The Morgan fingerprint density at radius 3 is 2.73 bits per heavy atom. The first-order chi connectivity index (χ1) is 7.00. The highest BCUT2D eigenvalue weighted by Gasteiger charge is 2.44. The summed E-state index contributed by atoms with van der Waals surface area (Å²) in [6.45, 7) is 0. The molecule has 1 aliphatic carbocycles. The average molecular weight is 213 g/mol. The molecule has 0 fully saturated rings. The smallest absolute Gasteiger partial charge is 0.365 e. The monoisotopic (exact) mass is 213 g/mol. The number of aliphatic hydroxyl groups is 2. The van der Waals surface area contributed by atoms with E-state index in [9.17, 15) is 15.0 Å². The van der Waals surface area contributed by atoms with Crippen molar-refractivity contribution in [3.8, 4) is 0 Å². The van der Waals surface area contributed by atoms with Gasteiger partial charge in [-0.15, -0.1) is 0 Å². The topological polar surface area (TPSA) is 99.4 Å². The zero-order valence-corrected chi connectivity index (χ0v) is 7.99. The Bertz CT molecular complexity index is 342. The lowest BCUT2D eigenvalue weighted by molar-refractivity contribution is -0.209. The molecule has 1 unspecified atom stereocenters. The fourth-order valence-electron chi connectivity index (χ4n) is 1.20. The van der Waals surface area contributed by atoms with Gasteiger partial charge in [0, 0.05) is 0 Å². The lowest BCUT2D eigenvalue weighted by Crippen LogP contribution is -2.48. The van der Waals surface area contributed by atoms with E-state index in [0.29, 0.717) is 0 Å². The van der Waals surface area contributed by atoms with Gasteiger partial charge in [0.15, 0.2) is 0 Å². The molecule has 1 aliphatic rings. The lowest BCUT2D eigenvalue weighted by atomic mass is 9.90. The Morgan fingerprint density at radius 1 is 1.53 bits per heavy atom. The van der Waals surface area contributed by atoms with Crippen LogP contribution >= 0.6 is 0 Å². The van der Waals surface area contributed by atoms with Gasteiger partial charge in [0.1, 0.15) is 7.11 Å². The third-order valence-corrected chi connectivity index (χ3v) is 1.95. The SMILES string of the molecule is CON=C1C=CC=CC1C(O)(O)C(=O)O. The van der Waals surface area contributed by atoms with Gasteiger partial charge >= 0.3 is 5.97 Å². The van der Waals surface area contributed by atoms with Gasteiger partial charge in [-0.05, 0) is 6.08 Å². The van der Waals surface area contributed by atoms with Crippen molar-refractivity contribution in [2.75, 3.05) is 7.11 Å². The molecule has 0 bridgehead atoms. The van der Waals surface area contributed by atoms with Crippen LogP contribution in [0.15, 0.2) is 29.5 Å². The predicted octanol–water partition coefficient (Wildman–Crippen LogP) is -0.504. The molecule has 0 spiro atoms. The molecule has 0 saturated carbocycles. The number of hydrogen-bond donors (Lipinski definition) is 3. The minimum absolute atomic E-state index is 0.132. The van der Waals surface area contributed by atoms with E-state index in [1.807, 2.05) is 0 Å². The summed E-state index contributed by atoms with van der Waals surface area (Å²) in [5.41, 5.74) is 0.132. The van der Waals surface area contributed by atoms with Gasteiger partial charge in [0.2, 0.25) is 0 Å². The molecule has 0 amide bonds. The highest BCUT2D eigenvalue weighted by molar-refractivity contribution is 6.02. The Balaban J connectivity index is 3.03. The van der Waals surface area contributed by atoms with Crippen molar-refractivity contribution >= 4 is 11.7 Å². The van der Waals surface area contributed by atoms with Crippen molar-refractivity contribution in [3.63, 3.8) is 0 Å². The number of aliphatic carboxylic acids is 1. The van der Waals surface area contributed by atoms with Crippen LogP contribution < -0.4 is 0 Å². The maximum atomic E-state index is 10.6. The third-order valence-electron chi connectivity index (χ3n) is 1.95. The van der Waals surface area contributed by atoms with Crippen molar-refractivity contribution in [1.82, 2.24) is 0 Å². The Kier molecular flexibility index (Phi) is 3.23. The molecule has 0 aromatic carbocycles. The summed E-state index contributed by atoms with van der Waals surface area (Å²) in [6, 6.07) is 0. The number of rotatable bonds is 3. The van der Waals surface area contributed by atoms with E-state index in [4.69, 9.17) is 5.11 Å². The summed E-state index contributed by atoms with van der Waals surface area (Å²) < 4.78 is 0. The summed E-state index contributed by atoms with van der Waals surface area (Å²) in [7, 11) is 1.29. The molecule has 1 atom stereocenters. The van der Waals surface area contributed by atoms with Crippen molar-refractivity contribution in [1.29, 1.82) is 0 Å². The van der Waals surface area contributed by atoms with Crippen LogP contribution in [0.25, 0.3) is 0 Å². The van der Waals surface area contributed by atoms with E-state index in [-0.39, 0.29) is 5.71 Å². The van der Waals surface area contributed by atoms with Crippen LogP contribution in [0, 0.1) is 5.92 Å². The summed E-state index contributed by atoms with van der Waals surface area (Å²) in [5, 5.41) is 30.8. The molecule has 3 N–H and O–H groups in total. The quantitative estimate of drug-likeness (QED) is 0.433. The van der Waals surface area contributed by atoms with E-state index in [0.717, 1.165) is 0 Å². The van der Waals surface area contributed by atoms with E-state index >= 15 is 0 Å². The Labute approximate surface area is 85.8 Å². The number of hydrogen-bond acceptors (Lipinski definition) is 5. The fourth-order valence-corrected chi connectivity index (χ4v) is 1.20. The van der Waals surface area contributed by atoms with Crippen molar-refractivity contribution in [2.45, 2.75) is 5.79 Å². The zero-order chi connectivity index (χ0) is 11.5. The van der Waals surface area contributed by atoms with Crippen molar-refractivity contribution in [3.05, 3.63) is 24.3 Å². The van der Waals surface area contributed by atoms with Crippen LogP contribution in [0.5, 0.6) is 0 Å². The Hall–Kier alpha value is -1.66. The summed E-state index contributed by atoms with van der Waals surface area (Å²) >= 11 is 0. The van der Waals surface area contributed by atoms with Gasteiger partial charge < -0.3 is 20.2 Å². The molecule has 0 heterocycles. The average Bonchev–Trinajstić information content (AvgIpc) is 2.18. The first-order valence-electron chi connectivity index (χ1n) is 4.14. The maximum Gasteiger partial charge on any atom is 0.365 e. The second-order valence-electron chi connectivity index (χ2n) is 2.95. The van der Waals surface area contributed by atoms with Gasteiger partial charge in [-0.25, -0.2) is 4.79 Å². The molecular weight excluding hydrogens is 202 g/mol. The molecule has 15 heavy (non-hydrogen) atoms. The minimum Gasteiger partial charge on any atom is -0.477 e. The Morgan fingerprint density at radius 2 is 2.20 bits per heavy atom. The van der Waals surface area contributed by atoms with Crippen molar-refractivity contribution < 1.29 is 25.0 Å². The molecule has 0 saturated heterocycles. The molecule has 6 nitrogen and oxygen atoms in total. The first-order valence-corrected chi connectivity index (χ1v) is 4.14. The summed E-state index contributed by atoms with van der Waals surface area (Å²) in [4.78, 5) is 15.1. The lowest BCUT2D eigenvalue weighted by Gasteiger charge is -2.25. The number of allylic oxidation sites excluding steroid dienone is 3. The molecule has 0 aliphatic heterocycles. The van der Waals surface area contributed by atoms with Crippen molar-refractivity contribution in [2.24, 2.45) is 11.1 Å². The number of nitrogens with zero attached hydrogens (tertiary/aromatic N) is 1. The highest BCUT2D eigenvalue weighted by Crippen LogP contribution is 2.22. The van der Waals surface area contributed by atoms with Crippen LogP contribution in [0.2, 0.25) is 0 Å². The number of carboxylic acid groups (broad SMARTS) is 1. The van der Waals surface area contributed by atoms with E-state index in [2.05, 4.69) is 9.99 Å². The van der Waals surface area contributed by atoms with Crippen LogP contribution in [-0.4, -0.2) is 39.9 Å². The van der Waals surface area contributed by atoms with Crippen LogP contribution in [0.4, 0.5) is 0 Å². The fraction of sp³-hybridized carbons (Fsp3) is 0.333. The standard InChI is InChI=1S/C9H11NO5/c1-15-10-7-5-3-2-4-6(7)9(13,14)8(11)12/h2-6,13-14H,1H3,(H,11,12). The van der Waals surface area contributed by atoms with E-state index in [1.165, 1.54) is 25.3 Å². The third kappa shape index (κ3) is 2.23. The second-order valence-corrected chi connectivity index (χ2v) is 2.95. The maximum absolute atomic E-state index is 10.6. The molecular formula is C9H11NO5. The van der Waals surface area contributed by atoms with Crippen LogP contribution in [-0.2, 0) is 9.63 Å². The van der Waals surface area contributed by atoms with Gasteiger partial charge in [-0.2, -0.15) is 0 Å². The zero-order valence-electron chi connectivity index (χ0n) is 7.99. The summed E-state index contributed by atoms with van der Waals surface area (Å²) in [5.74, 6) is -5.78. The molecule has 0 aromatic heterocycles. The molecule has 0 radical (unpaired) electrons. The highest BCUT2D eigenvalue weighted by atomic mass is 16.6. The minimum atomic E-state index is -2.89. The van der Waals surface area contributed by atoms with Gasteiger partial charge in [-0.1, -0.05) is 23.4 Å². The first kappa shape index (κ1) is 11.4. The largest absolute Gasteiger partial charge is 0.477 e. The molecule has 6 heteroatoms. The van der Waals surface area contributed by atoms with Crippen LogP contribution in [0.3, 0.4) is 0 Å².